The van der Waals surface area contributed by atoms with Gasteiger partial charge in [0.1, 0.15) is 5.82 Å². The van der Waals surface area contributed by atoms with Gasteiger partial charge in [0.25, 0.3) is 0 Å². The summed E-state index contributed by atoms with van der Waals surface area (Å²) >= 11 is 0. The average Bonchev–Trinajstić information content (AvgIpc) is 3.50. The highest BCUT2D eigenvalue weighted by Crippen LogP contribution is 2.37. The number of carbonyl (C=O) groups is 1. The van der Waals surface area contributed by atoms with Crippen molar-refractivity contribution >= 4 is 16.8 Å². The molecule has 34 heavy (non-hydrogen) atoms. The smallest absolute Gasteiger partial charge is 0.249 e. The van der Waals surface area contributed by atoms with Crippen LogP contribution in [0.1, 0.15) is 54.8 Å². The number of nitriles is 2. The third-order valence-corrected chi connectivity index (χ3v) is 6.88. The lowest BCUT2D eigenvalue weighted by atomic mass is 9.81. The molecule has 3 aromatic rings. The quantitative estimate of drug-likeness (QED) is 0.569. The van der Waals surface area contributed by atoms with Crippen molar-refractivity contribution in [3.8, 4) is 12.1 Å². The summed E-state index contributed by atoms with van der Waals surface area (Å²) in [5.41, 5.74) is 2.33. The molecule has 5 rings (SSSR count). The topological polar surface area (TPSA) is 94.9 Å². The van der Waals surface area contributed by atoms with Crippen LogP contribution in [0, 0.1) is 40.3 Å². The Morgan fingerprint density at radius 3 is 2.62 bits per heavy atom. The fourth-order valence-corrected chi connectivity index (χ4v) is 5.13. The molecule has 2 aromatic carbocycles. The molecule has 8 heteroatoms. The van der Waals surface area contributed by atoms with Gasteiger partial charge in [-0.25, -0.2) is 9.45 Å². The van der Waals surface area contributed by atoms with Crippen molar-refractivity contribution in [2.75, 3.05) is 6.61 Å². The fraction of sp³-hybridized carbons (Fsp3) is 0.385. The molecule has 1 aliphatic carbocycles. The largest absolute Gasteiger partial charge is 0.272 e. The summed E-state index contributed by atoms with van der Waals surface area (Å²) in [6, 6.07) is 13.4. The summed E-state index contributed by atoms with van der Waals surface area (Å²) in [6.07, 6.45) is 5.91. The first kappa shape index (κ1) is 22.1. The summed E-state index contributed by atoms with van der Waals surface area (Å²) in [5.74, 6) is -0.247. The van der Waals surface area contributed by atoms with Crippen molar-refractivity contribution in [1.82, 2.24) is 14.8 Å². The minimum absolute atomic E-state index is 0.0578. The molecule has 172 valence electrons. The molecule has 0 bridgehead atoms. The molecular formula is C26H24FN5O2. The van der Waals surface area contributed by atoms with Gasteiger partial charge in [0, 0.05) is 30.5 Å². The van der Waals surface area contributed by atoms with Crippen molar-refractivity contribution in [3.63, 3.8) is 0 Å². The van der Waals surface area contributed by atoms with E-state index in [2.05, 4.69) is 11.2 Å². The van der Waals surface area contributed by atoms with Gasteiger partial charge >= 0.3 is 0 Å². The van der Waals surface area contributed by atoms with Crippen LogP contribution in [0.2, 0.25) is 0 Å². The van der Waals surface area contributed by atoms with Gasteiger partial charge in [0.05, 0.1) is 41.4 Å². The number of aromatic nitrogens is 2. The van der Waals surface area contributed by atoms with Crippen LogP contribution in [0.5, 0.6) is 0 Å². The van der Waals surface area contributed by atoms with Crippen molar-refractivity contribution in [2.45, 2.75) is 44.7 Å². The summed E-state index contributed by atoms with van der Waals surface area (Å²) in [4.78, 5) is 18.9. The monoisotopic (exact) mass is 457 g/mol. The summed E-state index contributed by atoms with van der Waals surface area (Å²) in [5, 5.41) is 25.2. The highest BCUT2D eigenvalue weighted by molar-refractivity contribution is 5.79. The highest BCUT2D eigenvalue weighted by atomic mass is 19.1. The molecule has 0 spiro atoms. The molecule has 1 aliphatic heterocycles. The van der Waals surface area contributed by atoms with Gasteiger partial charge in [0.15, 0.2) is 0 Å². The molecule has 0 unspecified atom stereocenters. The van der Waals surface area contributed by atoms with E-state index in [1.807, 2.05) is 29.1 Å². The number of hydrogen-bond acceptors (Lipinski definition) is 5. The van der Waals surface area contributed by atoms with Crippen LogP contribution in [0.15, 0.2) is 42.6 Å². The number of halogens is 1. The first-order valence-electron chi connectivity index (χ1n) is 11.6. The number of rotatable bonds is 4. The Labute approximate surface area is 196 Å². The number of nitrogens with zero attached hydrogens (tertiary/aromatic N) is 5. The number of carbonyl (C=O) groups excluding carboxylic acids is 1. The third kappa shape index (κ3) is 4.37. The van der Waals surface area contributed by atoms with Crippen LogP contribution in [-0.2, 0) is 16.2 Å². The van der Waals surface area contributed by atoms with E-state index in [4.69, 9.17) is 15.4 Å². The molecular weight excluding hydrogens is 433 g/mol. The zero-order valence-corrected chi connectivity index (χ0v) is 18.7. The Morgan fingerprint density at radius 1 is 1.06 bits per heavy atom. The maximum atomic E-state index is 14.0. The minimum atomic E-state index is -0.482. The predicted octanol–water partition coefficient (Wildman–Crippen LogP) is 4.63. The Kier molecular flexibility index (Phi) is 6.00. The zero-order valence-electron chi connectivity index (χ0n) is 18.7. The number of hydrogen-bond donors (Lipinski definition) is 0. The van der Waals surface area contributed by atoms with E-state index in [1.165, 1.54) is 17.2 Å². The number of hydroxylamine groups is 2. The van der Waals surface area contributed by atoms with Crippen LogP contribution >= 0.6 is 0 Å². The normalized spacial score (nSPS) is 22.4. The van der Waals surface area contributed by atoms with E-state index in [0.29, 0.717) is 30.1 Å². The highest BCUT2D eigenvalue weighted by Gasteiger charge is 2.37. The van der Waals surface area contributed by atoms with Crippen LogP contribution in [0.3, 0.4) is 0 Å². The van der Waals surface area contributed by atoms with Gasteiger partial charge in [-0.1, -0.05) is 0 Å². The summed E-state index contributed by atoms with van der Waals surface area (Å²) in [6.45, 7) is 1.17. The van der Waals surface area contributed by atoms with Gasteiger partial charge in [-0.05, 0) is 73.6 Å². The van der Waals surface area contributed by atoms with E-state index in [9.17, 15) is 9.18 Å². The summed E-state index contributed by atoms with van der Waals surface area (Å²) in [7, 11) is 0. The fourth-order valence-electron chi connectivity index (χ4n) is 5.13. The molecule has 1 saturated carbocycles. The first-order chi connectivity index (χ1) is 16.5. The molecule has 1 saturated heterocycles. The molecule has 1 aromatic heterocycles. The van der Waals surface area contributed by atoms with Crippen LogP contribution in [0.4, 0.5) is 4.39 Å². The minimum Gasteiger partial charge on any atom is -0.272 e. The SMILES string of the molecule is N#Cc1cc(F)cc([C@@H]2CCON2C(=O)C2CCC(Cn3cc4cc(C#N)ccc4n3)CC2)c1. The lowest BCUT2D eigenvalue weighted by molar-refractivity contribution is -0.183. The molecule has 2 heterocycles. The standard InChI is InChI=1S/C26H24FN5O2/c27-23-11-19(14-29)10-21(12-23)25-7-8-34-32(25)26(33)20-4-1-17(2-5-20)15-31-16-22-9-18(13-28)3-6-24(22)30-31/h3,6,9-12,16-17,20,25H,1-2,4-5,7-8,15H2/t17?,20?,25-/m0/s1. The molecule has 1 atom stereocenters. The van der Waals surface area contributed by atoms with Gasteiger partial charge in [0.2, 0.25) is 5.91 Å². The Morgan fingerprint density at radius 2 is 1.85 bits per heavy atom. The number of fused-ring (bicyclic) bond motifs is 1. The molecule has 0 N–H and O–H groups in total. The average molecular weight is 458 g/mol. The van der Waals surface area contributed by atoms with E-state index in [1.54, 1.807) is 12.1 Å². The van der Waals surface area contributed by atoms with Gasteiger partial charge in [-0.2, -0.15) is 15.6 Å². The molecule has 2 fully saturated rings. The summed E-state index contributed by atoms with van der Waals surface area (Å²) < 4.78 is 15.9. The maximum absolute atomic E-state index is 14.0. The number of amides is 1. The maximum Gasteiger partial charge on any atom is 0.249 e. The first-order valence-corrected chi connectivity index (χ1v) is 11.6. The van der Waals surface area contributed by atoms with Crippen LogP contribution in [-0.4, -0.2) is 27.4 Å². The van der Waals surface area contributed by atoms with Crippen LogP contribution < -0.4 is 0 Å². The molecule has 0 radical (unpaired) electrons. The Bertz CT molecular complexity index is 1310. The van der Waals surface area contributed by atoms with E-state index >= 15 is 0 Å². The zero-order chi connectivity index (χ0) is 23.7. The van der Waals surface area contributed by atoms with E-state index in [0.717, 1.165) is 43.1 Å². The second-order valence-corrected chi connectivity index (χ2v) is 9.14. The second-order valence-electron chi connectivity index (χ2n) is 9.14. The van der Waals surface area contributed by atoms with Crippen molar-refractivity contribution < 1.29 is 14.0 Å². The molecule has 7 nitrogen and oxygen atoms in total. The second kappa shape index (κ2) is 9.24. The van der Waals surface area contributed by atoms with Gasteiger partial charge in [-0.15, -0.1) is 0 Å². The molecule has 2 aliphatic rings. The van der Waals surface area contributed by atoms with Crippen molar-refractivity contribution in [3.05, 3.63) is 65.1 Å². The van der Waals surface area contributed by atoms with E-state index < -0.39 is 5.82 Å². The van der Waals surface area contributed by atoms with Crippen molar-refractivity contribution in [2.24, 2.45) is 11.8 Å². The van der Waals surface area contributed by atoms with Crippen LogP contribution in [0.25, 0.3) is 10.9 Å². The molecule has 1 amide bonds. The van der Waals surface area contributed by atoms with Gasteiger partial charge < -0.3 is 0 Å². The van der Waals surface area contributed by atoms with E-state index in [-0.39, 0.29) is 23.4 Å². The lowest BCUT2D eigenvalue weighted by Crippen LogP contribution is -2.37. The Hall–Kier alpha value is -3.75. The van der Waals surface area contributed by atoms with Crippen molar-refractivity contribution in [1.29, 1.82) is 10.5 Å². The number of benzene rings is 2. The predicted molar refractivity (Wildman–Crippen MR) is 121 cm³/mol. The third-order valence-electron chi connectivity index (χ3n) is 6.88. The lowest BCUT2D eigenvalue weighted by Gasteiger charge is -2.32. The Balaban J connectivity index is 1.21. The van der Waals surface area contributed by atoms with Gasteiger partial charge in [-0.3, -0.25) is 14.3 Å².